The number of hydrogen-bond acceptors (Lipinski definition) is 1. The standard InChI is InChI=1S/C10H19IO/c1-10(2,8-11)12-9-6-4-3-5-7-9/h9H,3-8H2,1-2H3. The van der Waals surface area contributed by atoms with Crippen LogP contribution in [-0.4, -0.2) is 16.1 Å². The lowest BCUT2D eigenvalue weighted by Crippen LogP contribution is -2.33. The molecule has 72 valence electrons. The van der Waals surface area contributed by atoms with Crippen molar-refractivity contribution in [3.63, 3.8) is 0 Å². The minimum absolute atomic E-state index is 0.0859. The zero-order chi connectivity index (χ0) is 9.03. The molecule has 1 fully saturated rings. The van der Waals surface area contributed by atoms with Crippen molar-refractivity contribution in [2.75, 3.05) is 4.43 Å². The quantitative estimate of drug-likeness (QED) is 0.568. The van der Waals surface area contributed by atoms with Crippen molar-refractivity contribution in [2.45, 2.75) is 57.7 Å². The molecule has 0 atom stereocenters. The second-order valence-corrected chi connectivity index (χ2v) is 5.03. The Labute approximate surface area is 89.4 Å². The van der Waals surface area contributed by atoms with Crippen molar-refractivity contribution in [3.8, 4) is 0 Å². The van der Waals surface area contributed by atoms with E-state index in [1.165, 1.54) is 32.1 Å². The third-order valence-electron chi connectivity index (χ3n) is 2.36. The van der Waals surface area contributed by atoms with Gasteiger partial charge in [-0.25, -0.2) is 0 Å². The van der Waals surface area contributed by atoms with Crippen LogP contribution in [0.5, 0.6) is 0 Å². The zero-order valence-electron chi connectivity index (χ0n) is 8.11. The maximum atomic E-state index is 6.02. The molecule has 0 N–H and O–H groups in total. The molecule has 1 rings (SSSR count). The molecule has 2 heteroatoms. The third kappa shape index (κ3) is 3.60. The Kier molecular flexibility index (Phi) is 4.30. The molecule has 0 saturated heterocycles. The lowest BCUT2D eigenvalue weighted by atomic mass is 9.97. The fourth-order valence-electron chi connectivity index (χ4n) is 1.67. The molecule has 0 radical (unpaired) electrons. The van der Waals surface area contributed by atoms with E-state index in [1.807, 2.05) is 0 Å². The molecule has 0 heterocycles. The van der Waals surface area contributed by atoms with Gasteiger partial charge in [-0.15, -0.1) is 0 Å². The molecule has 1 saturated carbocycles. The highest BCUT2D eigenvalue weighted by atomic mass is 127. The van der Waals surface area contributed by atoms with E-state index in [1.54, 1.807) is 0 Å². The van der Waals surface area contributed by atoms with Gasteiger partial charge in [0.1, 0.15) is 0 Å². The average Bonchev–Trinajstić information content (AvgIpc) is 2.06. The summed E-state index contributed by atoms with van der Waals surface area (Å²) in [6, 6.07) is 0. The summed E-state index contributed by atoms with van der Waals surface area (Å²) in [4.78, 5) is 0. The summed E-state index contributed by atoms with van der Waals surface area (Å²) >= 11 is 2.40. The summed E-state index contributed by atoms with van der Waals surface area (Å²) in [6.07, 6.45) is 7.23. The normalized spacial score (nSPS) is 21.2. The summed E-state index contributed by atoms with van der Waals surface area (Å²) in [7, 11) is 0. The SMILES string of the molecule is CC(C)(CI)OC1CCCCC1. The van der Waals surface area contributed by atoms with Crippen LogP contribution < -0.4 is 0 Å². The molecule has 0 spiro atoms. The first-order chi connectivity index (χ1) is 5.64. The predicted molar refractivity (Wildman–Crippen MR) is 60.9 cm³/mol. The number of ether oxygens (including phenoxy) is 1. The van der Waals surface area contributed by atoms with Gasteiger partial charge >= 0.3 is 0 Å². The van der Waals surface area contributed by atoms with Gasteiger partial charge in [0.25, 0.3) is 0 Å². The lowest BCUT2D eigenvalue weighted by molar-refractivity contribution is -0.0687. The highest BCUT2D eigenvalue weighted by Crippen LogP contribution is 2.25. The Morgan fingerprint density at radius 2 is 1.83 bits per heavy atom. The van der Waals surface area contributed by atoms with Gasteiger partial charge < -0.3 is 4.74 Å². The Morgan fingerprint density at radius 3 is 2.33 bits per heavy atom. The monoisotopic (exact) mass is 282 g/mol. The van der Waals surface area contributed by atoms with Crippen molar-refractivity contribution in [1.29, 1.82) is 0 Å². The van der Waals surface area contributed by atoms with Gasteiger partial charge in [0.05, 0.1) is 11.7 Å². The van der Waals surface area contributed by atoms with Crippen LogP contribution in [0.25, 0.3) is 0 Å². The van der Waals surface area contributed by atoms with E-state index in [0.29, 0.717) is 6.10 Å². The van der Waals surface area contributed by atoms with Crippen LogP contribution in [-0.2, 0) is 4.74 Å². The molecule has 0 aromatic rings. The van der Waals surface area contributed by atoms with Crippen molar-refractivity contribution >= 4 is 22.6 Å². The molecule has 1 aliphatic carbocycles. The van der Waals surface area contributed by atoms with E-state index in [9.17, 15) is 0 Å². The molecule has 0 aromatic heterocycles. The van der Waals surface area contributed by atoms with Crippen LogP contribution in [0.2, 0.25) is 0 Å². The van der Waals surface area contributed by atoms with Crippen LogP contribution in [0, 0.1) is 0 Å². The maximum absolute atomic E-state index is 6.02. The van der Waals surface area contributed by atoms with Crippen LogP contribution in [0.3, 0.4) is 0 Å². The first-order valence-corrected chi connectivity index (χ1v) is 6.40. The van der Waals surface area contributed by atoms with Gasteiger partial charge in [-0.05, 0) is 26.7 Å². The van der Waals surface area contributed by atoms with Crippen molar-refractivity contribution < 1.29 is 4.74 Å². The van der Waals surface area contributed by atoms with Crippen molar-refractivity contribution in [2.24, 2.45) is 0 Å². The number of rotatable bonds is 3. The number of alkyl halides is 1. The molecule has 0 aliphatic heterocycles. The molecule has 1 nitrogen and oxygen atoms in total. The Hall–Kier alpha value is 0.690. The minimum Gasteiger partial charge on any atom is -0.372 e. The van der Waals surface area contributed by atoms with E-state index < -0.39 is 0 Å². The van der Waals surface area contributed by atoms with Gasteiger partial charge in [-0.2, -0.15) is 0 Å². The van der Waals surface area contributed by atoms with Crippen molar-refractivity contribution in [3.05, 3.63) is 0 Å². The van der Waals surface area contributed by atoms with Crippen molar-refractivity contribution in [1.82, 2.24) is 0 Å². The highest BCUT2D eigenvalue weighted by Gasteiger charge is 2.23. The van der Waals surface area contributed by atoms with E-state index in [-0.39, 0.29) is 5.60 Å². The van der Waals surface area contributed by atoms with Gasteiger partial charge in [0, 0.05) is 4.43 Å². The Morgan fingerprint density at radius 1 is 1.25 bits per heavy atom. The lowest BCUT2D eigenvalue weighted by Gasteiger charge is -2.31. The van der Waals surface area contributed by atoms with Crippen LogP contribution in [0.4, 0.5) is 0 Å². The number of hydrogen-bond donors (Lipinski definition) is 0. The Bertz CT molecular complexity index is 128. The third-order valence-corrected chi connectivity index (χ3v) is 4.20. The zero-order valence-corrected chi connectivity index (χ0v) is 10.3. The van der Waals surface area contributed by atoms with E-state index in [0.717, 1.165) is 4.43 Å². The van der Waals surface area contributed by atoms with Gasteiger partial charge in [0.15, 0.2) is 0 Å². The molecule has 0 amide bonds. The number of halogens is 1. The Balaban J connectivity index is 2.28. The van der Waals surface area contributed by atoms with Gasteiger partial charge in [-0.3, -0.25) is 0 Å². The largest absolute Gasteiger partial charge is 0.372 e. The summed E-state index contributed by atoms with van der Waals surface area (Å²) in [5, 5.41) is 0. The second-order valence-electron chi connectivity index (χ2n) is 4.27. The first kappa shape index (κ1) is 10.8. The first-order valence-electron chi connectivity index (χ1n) is 4.88. The summed E-state index contributed by atoms with van der Waals surface area (Å²) in [6.45, 7) is 4.38. The maximum Gasteiger partial charge on any atom is 0.0719 e. The fraction of sp³-hybridized carbons (Fsp3) is 1.00. The molecule has 0 bridgehead atoms. The fourth-order valence-corrected chi connectivity index (χ4v) is 1.85. The van der Waals surface area contributed by atoms with Crippen LogP contribution in [0.1, 0.15) is 46.0 Å². The summed E-state index contributed by atoms with van der Waals surface area (Å²) < 4.78 is 7.10. The van der Waals surface area contributed by atoms with Crippen LogP contribution in [0.15, 0.2) is 0 Å². The topological polar surface area (TPSA) is 9.23 Å². The van der Waals surface area contributed by atoms with E-state index in [2.05, 4.69) is 36.4 Å². The van der Waals surface area contributed by atoms with E-state index in [4.69, 9.17) is 4.74 Å². The van der Waals surface area contributed by atoms with Gasteiger partial charge in [-0.1, -0.05) is 41.9 Å². The van der Waals surface area contributed by atoms with Crippen LogP contribution >= 0.6 is 22.6 Å². The minimum atomic E-state index is 0.0859. The smallest absolute Gasteiger partial charge is 0.0719 e. The predicted octanol–water partition coefficient (Wildman–Crippen LogP) is 3.55. The molecular formula is C10H19IO. The molecule has 0 unspecified atom stereocenters. The summed E-state index contributed by atoms with van der Waals surface area (Å²) in [5.74, 6) is 0. The molecule has 12 heavy (non-hydrogen) atoms. The second kappa shape index (κ2) is 4.80. The average molecular weight is 282 g/mol. The molecule has 0 aromatic carbocycles. The van der Waals surface area contributed by atoms with Gasteiger partial charge in [0.2, 0.25) is 0 Å². The summed E-state index contributed by atoms with van der Waals surface area (Å²) in [5.41, 5.74) is 0.0859. The molecular weight excluding hydrogens is 263 g/mol. The molecule has 1 aliphatic rings. The highest BCUT2D eigenvalue weighted by molar-refractivity contribution is 14.1. The van der Waals surface area contributed by atoms with E-state index >= 15 is 0 Å².